The number of aromatic nitrogens is 1. The summed E-state index contributed by atoms with van der Waals surface area (Å²) in [6, 6.07) is 13.4. The van der Waals surface area contributed by atoms with Gasteiger partial charge in [-0.15, -0.1) is 11.3 Å². The Morgan fingerprint density at radius 3 is 2.30 bits per heavy atom. The van der Waals surface area contributed by atoms with Crippen molar-refractivity contribution < 1.29 is 19.1 Å². The van der Waals surface area contributed by atoms with Gasteiger partial charge in [-0.3, -0.25) is 4.79 Å². The van der Waals surface area contributed by atoms with Crippen LogP contribution in [0, 0.1) is 6.92 Å². The number of benzene rings is 2. The highest BCUT2D eigenvalue weighted by Crippen LogP contribution is 2.17. The molecule has 0 bridgehead atoms. The first kappa shape index (κ1) is 18.6. The molecule has 1 N–H and O–H groups in total. The zero-order valence-electron chi connectivity index (χ0n) is 14.9. The molecule has 1 aromatic heterocycles. The molecule has 0 saturated carbocycles. The van der Waals surface area contributed by atoms with Crippen molar-refractivity contribution in [2.45, 2.75) is 13.5 Å². The molecule has 0 aliphatic heterocycles. The van der Waals surface area contributed by atoms with E-state index < -0.39 is 5.97 Å². The predicted molar refractivity (Wildman–Crippen MR) is 103 cm³/mol. The molecule has 0 radical (unpaired) electrons. The van der Waals surface area contributed by atoms with Crippen LogP contribution in [-0.4, -0.2) is 24.0 Å². The number of nitrogens with one attached hydrogen (secondary N) is 1. The van der Waals surface area contributed by atoms with Gasteiger partial charge < -0.3 is 14.8 Å². The largest absolute Gasteiger partial charge is 0.486 e. The van der Waals surface area contributed by atoms with Crippen molar-refractivity contribution in [3.8, 4) is 5.75 Å². The van der Waals surface area contributed by atoms with Gasteiger partial charge in [0.2, 0.25) is 0 Å². The van der Waals surface area contributed by atoms with Crippen LogP contribution in [0.1, 0.15) is 31.4 Å². The summed E-state index contributed by atoms with van der Waals surface area (Å²) in [5.74, 6) is 0.00104. The molecule has 0 aliphatic carbocycles. The number of nitrogens with zero attached hydrogens (tertiary/aromatic N) is 1. The molecule has 138 valence electrons. The maximum atomic E-state index is 12.3. The first-order valence-corrected chi connectivity index (χ1v) is 9.07. The molecular formula is C20H18N2O4S. The van der Waals surface area contributed by atoms with Gasteiger partial charge in [-0.2, -0.15) is 0 Å². The van der Waals surface area contributed by atoms with Crippen molar-refractivity contribution >= 4 is 28.9 Å². The second-order valence-electron chi connectivity index (χ2n) is 5.72. The van der Waals surface area contributed by atoms with E-state index in [9.17, 15) is 9.59 Å². The molecule has 1 heterocycles. The van der Waals surface area contributed by atoms with Gasteiger partial charge in [-0.05, 0) is 55.5 Å². The molecule has 0 saturated heterocycles. The molecule has 3 rings (SSSR count). The molecule has 7 heteroatoms. The summed E-state index contributed by atoms with van der Waals surface area (Å²) in [4.78, 5) is 28.1. The maximum absolute atomic E-state index is 12.3. The minimum absolute atomic E-state index is 0.247. The molecule has 0 atom stereocenters. The predicted octanol–water partition coefficient (Wildman–Crippen LogP) is 4.07. The Hall–Kier alpha value is -3.19. The lowest BCUT2D eigenvalue weighted by Gasteiger charge is -2.08. The monoisotopic (exact) mass is 382 g/mol. The van der Waals surface area contributed by atoms with Crippen LogP contribution in [0.25, 0.3) is 0 Å². The van der Waals surface area contributed by atoms with Crippen molar-refractivity contribution in [1.82, 2.24) is 4.98 Å². The summed E-state index contributed by atoms with van der Waals surface area (Å²) >= 11 is 1.55. The van der Waals surface area contributed by atoms with E-state index in [0.29, 0.717) is 29.2 Å². The first-order valence-electron chi connectivity index (χ1n) is 8.19. The van der Waals surface area contributed by atoms with E-state index in [1.807, 2.05) is 12.3 Å². The summed E-state index contributed by atoms with van der Waals surface area (Å²) < 4.78 is 10.3. The van der Waals surface area contributed by atoms with Gasteiger partial charge in [0.25, 0.3) is 5.91 Å². The van der Waals surface area contributed by atoms with E-state index in [1.54, 1.807) is 59.9 Å². The standard InChI is InChI=1S/C20H18N2O4S/c1-13-12-27-18(21-13)11-26-17-9-5-14(6-10-17)19(23)22-16-7-3-15(4-8-16)20(24)25-2/h3-10,12H,11H2,1-2H3,(H,22,23). The molecule has 27 heavy (non-hydrogen) atoms. The van der Waals surface area contributed by atoms with E-state index in [1.165, 1.54) is 7.11 Å². The Labute approximate surface area is 160 Å². The minimum atomic E-state index is -0.420. The van der Waals surface area contributed by atoms with E-state index in [0.717, 1.165) is 10.7 Å². The second kappa shape index (κ2) is 8.46. The van der Waals surface area contributed by atoms with Gasteiger partial charge in [0, 0.05) is 22.3 Å². The molecule has 0 aliphatic rings. The topological polar surface area (TPSA) is 77.5 Å². The molecular weight excluding hydrogens is 364 g/mol. The van der Waals surface area contributed by atoms with Crippen molar-refractivity contribution in [1.29, 1.82) is 0 Å². The normalized spacial score (nSPS) is 10.3. The number of methoxy groups -OCH3 is 1. The van der Waals surface area contributed by atoms with Gasteiger partial charge >= 0.3 is 5.97 Å². The summed E-state index contributed by atoms with van der Waals surface area (Å²) in [5, 5.41) is 5.67. The molecule has 0 spiro atoms. The van der Waals surface area contributed by atoms with E-state index in [-0.39, 0.29) is 5.91 Å². The van der Waals surface area contributed by atoms with Crippen molar-refractivity contribution in [3.63, 3.8) is 0 Å². The van der Waals surface area contributed by atoms with Crippen molar-refractivity contribution in [2.75, 3.05) is 12.4 Å². The molecule has 1 amide bonds. The Kier molecular flexibility index (Phi) is 5.83. The lowest BCUT2D eigenvalue weighted by Crippen LogP contribution is -2.12. The number of carbonyl (C=O) groups excluding carboxylic acids is 2. The van der Waals surface area contributed by atoms with E-state index >= 15 is 0 Å². The zero-order chi connectivity index (χ0) is 19.2. The van der Waals surface area contributed by atoms with Gasteiger partial charge in [0.1, 0.15) is 17.4 Å². The summed E-state index contributed by atoms with van der Waals surface area (Å²) in [6.45, 7) is 2.34. The van der Waals surface area contributed by atoms with Crippen LogP contribution in [0.15, 0.2) is 53.9 Å². The number of aryl methyl sites for hydroxylation is 1. The first-order chi connectivity index (χ1) is 13.0. The number of anilines is 1. The van der Waals surface area contributed by atoms with Crippen LogP contribution in [0.3, 0.4) is 0 Å². The zero-order valence-corrected chi connectivity index (χ0v) is 15.7. The van der Waals surface area contributed by atoms with Crippen LogP contribution in [0.5, 0.6) is 5.75 Å². The Bertz CT molecular complexity index is 933. The molecule has 0 fully saturated rings. The van der Waals surface area contributed by atoms with Crippen molar-refractivity contribution in [2.24, 2.45) is 0 Å². The van der Waals surface area contributed by atoms with Crippen molar-refractivity contribution in [3.05, 3.63) is 75.7 Å². The number of ether oxygens (including phenoxy) is 2. The molecule has 2 aromatic carbocycles. The average Bonchev–Trinajstić information content (AvgIpc) is 3.12. The second-order valence-corrected chi connectivity index (χ2v) is 6.66. The number of esters is 1. The summed E-state index contributed by atoms with van der Waals surface area (Å²) in [6.07, 6.45) is 0. The number of thiazole rings is 1. The fourth-order valence-electron chi connectivity index (χ4n) is 2.33. The quantitative estimate of drug-likeness (QED) is 0.650. The minimum Gasteiger partial charge on any atom is -0.486 e. The highest BCUT2D eigenvalue weighted by Gasteiger charge is 2.09. The Morgan fingerprint density at radius 2 is 1.70 bits per heavy atom. The number of hydrogen-bond donors (Lipinski definition) is 1. The lowest BCUT2D eigenvalue weighted by atomic mass is 10.1. The SMILES string of the molecule is COC(=O)c1ccc(NC(=O)c2ccc(OCc3nc(C)cs3)cc2)cc1. The number of hydrogen-bond acceptors (Lipinski definition) is 6. The van der Waals surface area contributed by atoms with Gasteiger partial charge in [0.05, 0.1) is 12.7 Å². The van der Waals surface area contributed by atoms with Crippen LogP contribution < -0.4 is 10.1 Å². The summed E-state index contributed by atoms with van der Waals surface area (Å²) in [5.41, 5.74) is 2.49. The Balaban J connectivity index is 1.57. The van der Waals surface area contributed by atoms with Crippen LogP contribution >= 0.6 is 11.3 Å². The van der Waals surface area contributed by atoms with Crippen LogP contribution in [0.4, 0.5) is 5.69 Å². The number of amides is 1. The number of rotatable bonds is 6. The van der Waals surface area contributed by atoms with Gasteiger partial charge in [0.15, 0.2) is 0 Å². The smallest absolute Gasteiger partial charge is 0.337 e. The fourth-order valence-corrected chi connectivity index (χ4v) is 3.01. The maximum Gasteiger partial charge on any atom is 0.337 e. The highest BCUT2D eigenvalue weighted by molar-refractivity contribution is 7.09. The van der Waals surface area contributed by atoms with Gasteiger partial charge in [-0.25, -0.2) is 9.78 Å². The third kappa shape index (κ3) is 4.92. The molecule has 3 aromatic rings. The highest BCUT2D eigenvalue weighted by atomic mass is 32.1. The lowest BCUT2D eigenvalue weighted by molar-refractivity contribution is 0.0600. The average molecular weight is 382 g/mol. The molecule has 0 unspecified atom stereocenters. The third-order valence-electron chi connectivity index (χ3n) is 3.71. The number of carbonyl (C=O) groups is 2. The Morgan fingerprint density at radius 1 is 1.04 bits per heavy atom. The van der Waals surface area contributed by atoms with E-state index in [4.69, 9.17) is 4.74 Å². The fraction of sp³-hybridized carbons (Fsp3) is 0.150. The van der Waals surface area contributed by atoms with E-state index in [2.05, 4.69) is 15.0 Å². The third-order valence-corrected chi connectivity index (χ3v) is 4.65. The summed E-state index contributed by atoms with van der Waals surface area (Å²) in [7, 11) is 1.32. The van der Waals surface area contributed by atoms with Gasteiger partial charge in [-0.1, -0.05) is 0 Å². The van der Waals surface area contributed by atoms with Crippen LogP contribution in [0.2, 0.25) is 0 Å². The molecule has 6 nitrogen and oxygen atoms in total. The van der Waals surface area contributed by atoms with Crippen LogP contribution in [-0.2, 0) is 11.3 Å².